The zero-order valence-electron chi connectivity index (χ0n) is 16.4. The SMILES string of the molecule is COc1cccc(Nc2cnc(C(=O)NCc3ccc(OC)c(OC)c3)cn2)c1. The molecule has 0 atom stereocenters. The first-order chi connectivity index (χ1) is 14.1. The summed E-state index contributed by atoms with van der Waals surface area (Å²) in [6.07, 6.45) is 2.93. The highest BCUT2D eigenvalue weighted by Crippen LogP contribution is 2.27. The number of amides is 1. The molecule has 0 saturated carbocycles. The van der Waals surface area contributed by atoms with Gasteiger partial charge in [-0.15, -0.1) is 0 Å². The number of carbonyl (C=O) groups excluding carboxylic acids is 1. The molecule has 3 aromatic rings. The molecule has 0 spiro atoms. The van der Waals surface area contributed by atoms with Crippen molar-refractivity contribution in [2.45, 2.75) is 6.54 Å². The van der Waals surface area contributed by atoms with E-state index in [4.69, 9.17) is 14.2 Å². The average molecular weight is 394 g/mol. The van der Waals surface area contributed by atoms with Gasteiger partial charge >= 0.3 is 0 Å². The lowest BCUT2D eigenvalue weighted by Crippen LogP contribution is -2.24. The van der Waals surface area contributed by atoms with Crippen molar-refractivity contribution in [1.29, 1.82) is 0 Å². The summed E-state index contributed by atoms with van der Waals surface area (Å²) in [5.74, 6) is 2.17. The largest absolute Gasteiger partial charge is 0.497 e. The van der Waals surface area contributed by atoms with Crippen molar-refractivity contribution < 1.29 is 19.0 Å². The zero-order chi connectivity index (χ0) is 20.6. The number of nitrogens with zero attached hydrogens (tertiary/aromatic N) is 2. The Kier molecular flexibility index (Phi) is 6.47. The van der Waals surface area contributed by atoms with Gasteiger partial charge in [0, 0.05) is 18.3 Å². The molecule has 1 heterocycles. The molecule has 0 unspecified atom stereocenters. The summed E-state index contributed by atoms with van der Waals surface area (Å²) in [5.41, 5.74) is 1.91. The molecule has 1 amide bonds. The van der Waals surface area contributed by atoms with Gasteiger partial charge in [0.15, 0.2) is 11.5 Å². The van der Waals surface area contributed by atoms with E-state index < -0.39 is 0 Å². The van der Waals surface area contributed by atoms with E-state index in [1.165, 1.54) is 12.4 Å². The van der Waals surface area contributed by atoms with Crippen LogP contribution in [0.3, 0.4) is 0 Å². The van der Waals surface area contributed by atoms with Crippen LogP contribution in [0.2, 0.25) is 0 Å². The molecule has 2 aromatic carbocycles. The Morgan fingerprint density at radius 2 is 1.76 bits per heavy atom. The number of hydrogen-bond donors (Lipinski definition) is 2. The highest BCUT2D eigenvalue weighted by molar-refractivity contribution is 5.92. The molecule has 0 bridgehead atoms. The number of rotatable bonds is 8. The maximum atomic E-state index is 12.3. The van der Waals surface area contributed by atoms with Gasteiger partial charge in [-0.3, -0.25) is 4.79 Å². The first-order valence-corrected chi connectivity index (χ1v) is 8.85. The number of methoxy groups -OCH3 is 3. The van der Waals surface area contributed by atoms with Crippen LogP contribution in [0.5, 0.6) is 17.2 Å². The van der Waals surface area contributed by atoms with Crippen LogP contribution in [-0.4, -0.2) is 37.2 Å². The number of benzene rings is 2. The van der Waals surface area contributed by atoms with Gasteiger partial charge in [-0.1, -0.05) is 12.1 Å². The van der Waals surface area contributed by atoms with Crippen molar-refractivity contribution >= 4 is 17.4 Å². The second-order valence-electron chi connectivity index (χ2n) is 6.02. The van der Waals surface area contributed by atoms with Gasteiger partial charge in [0.1, 0.15) is 17.3 Å². The molecule has 8 heteroatoms. The van der Waals surface area contributed by atoms with Crippen LogP contribution in [0.15, 0.2) is 54.9 Å². The van der Waals surface area contributed by atoms with Gasteiger partial charge in [-0.25, -0.2) is 9.97 Å². The molecule has 0 aliphatic carbocycles. The van der Waals surface area contributed by atoms with Gasteiger partial charge in [0.2, 0.25) is 0 Å². The number of aromatic nitrogens is 2. The summed E-state index contributed by atoms with van der Waals surface area (Å²) in [6, 6.07) is 12.9. The lowest BCUT2D eigenvalue weighted by molar-refractivity contribution is 0.0945. The summed E-state index contributed by atoms with van der Waals surface area (Å²) < 4.78 is 15.7. The molecule has 0 radical (unpaired) electrons. The molecule has 2 N–H and O–H groups in total. The highest BCUT2D eigenvalue weighted by Gasteiger charge is 2.10. The van der Waals surface area contributed by atoms with Crippen LogP contribution in [0.25, 0.3) is 0 Å². The first kappa shape index (κ1) is 19.9. The van der Waals surface area contributed by atoms with Crippen LogP contribution in [-0.2, 0) is 6.54 Å². The number of carbonyl (C=O) groups is 1. The minimum absolute atomic E-state index is 0.224. The lowest BCUT2D eigenvalue weighted by Gasteiger charge is -2.10. The van der Waals surface area contributed by atoms with Crippen molar-refractivity contribution in [2.75, 3.05) is 26.6 Å². The lowest BCUT2D eigenvalue weighted by atomic mass is 10.2. The molecular weight excluding hydrogens is 372 g/mol. The van der Waals surface area contributed by atoms with Crippen LogP contribution in [0.4, 0.5) is 11.5 Å². The van der Waals surface area contributed by atoms with Gasteiger partial charge in [-0.2, -0.15) is 0 Å². The van der Waals surface area contributed by atoms with Crippen LogP contribution in [0, 0.1) is 0 Å². The average Bonchev–Trinajstić information content (AvgIpc) is 2.77. The fourth-order valence-corrected chi connectivity index (χ4v) is 2.62. The predicted molar refractivity (Wildman–Crippen MR) is 109 cm³/mol. The molecule has 0 aliphatic heterocycles. The Hall–Kier alpha value is -3.81. The van der Waals surface area contributed by atoms with Crippen molar-refractivity contribution in [3.63, 3.8) is 0 Å². The first-order valence-electron chi connectivity index (χ1n) is 8.85. The molecule has 150 valence electrons. The van der Waals surface area contributed by atoms with Gasteiger partial charge in [0.25, 0.3) is 5.91 Å². The third-order valence-corrected chi connectivity index (χ3v) is 4.13. The summed E-state index contributed by atoms with van der Waals surface area (Å²) in [6.45, 7) is 0.324. The van der Waals surface area contributed by atoms with E-state index in [0.717, 1.165) is 17.0 Å². The molecule has 0 fully saturated rings. The van der Waals surface area contributed by atoms with Crippen LogP contribution in [0.1, 0.15) is 16.1 Å². The third-order valence-electron chi connectivity index (χ3n) is 4.13. The highest BCUT2D eigenvalue weighted by atomic mass is 16.5. The minimum Gasteiger partial charge on any atom is -0.497 e. The number of anilines is 2. The third kappa shape index (κ3) is 5.13. The van der Waals surface area contributed by atoms with Crippen molar-refractivity contribution in [2.24, 2.45) is 0 Å². The molecule has 0 saturated heterocycles. The Balaban J connectivity index is 1.60. The number of nitrogens with one attached hydrogen (secondary N) is 2. The van der Waals surface area contributed by atoms with E-state index in [1.54, 1.807) is 27.4 Å². The molecule has 3 rings (SSSR count). The maximum Gasteiger partial charge on any atom is 0.271 e. The standard InChI is InChI=1S/C21H22N4O4/c1-27-16-6-4-5-15(10-16)25-20-13-22-17(12-23-20)21(26)24-11-14-7-8-18(28-2)19(9-14)29-3/h4-10,12-13H,11H2,1-3H3,(H,23,25)(H,24,26). The Morgan fingerprint density at radius 1 is 0.931 bits per heavy atom. The topological polar surface area (TPSA) is 94.6 Å². The Labute approximate surface area is 168 Å². The van der Waals surface area contributed by atoms with E-state index >= 15 is 0 Å². The second-order valence-corrected chi connectivity index (χ2v) is 6.02. The van der Waals surface area contributed by atoms with Gasteiger partial charge in [-0.05, 0) is 29.8 Å². The van der Waals surface area contributed by atoms with Gasteiger partial charge in [0.05, 0.1) is 33.7 Å². The minimum atomic E-state index is -0.319. The summed E-state index contributed by atoms with van der Waals surface area (Å²) >= 11 is 0. The molecule has 29 heavy (non-hydrogen) atoms. The molecular formula is C21H22N4O4. The van der Waals surface area contributed by atoms with E-state index in [9.17, 15) is 4.79 Å². The smallest absolute Gasteiger partial charge is 0.271 e. The molecule has 1 aromatic heterocycles. The van der Waals surface area contributed by atoms with Crippen LogP contribution >= 0.6 is 0 Å². The summed E-state index contributed by atoms with van der Waals surface area (Å²) in [5, 5.41) is 5.93. The van der Waals surface area contributed by atoms with E-state index in [-0.39, 0.29) is 11.6 Å². The zero-order valence-corrected chi connectivity index (χ0v) is 16.4. The molecule has 8 nitrogen and oxygen atoms in total. The van der Waals surface area contributed by atoms with Crippen molar-refractivity contribution in [3.05, 3.63) is 66.1 Å². The van der Waals surface area contributed by atoms with E-state index in [0.29, 0.717) is 23.9 Å². The summed E-state index contributed by atoms with van der Waals surface area (Å²) in [7, 11) is 4.75. The van der Waals surface area contributed by atoms with E-state index in [1.807, 2.05) is 36.4 Å². The fourth-order valence-electron chi connectivity index (χ4n) is 2.62. The maximum absolute atomic E-state index is 12.3. The van der Waals surface area contributed by atoms with Gasteiger partial charge < -0.3 is 24.8 Å². The molecule has 0 aliphatic rings. The Morgan fingerprint density at radius 3 is 2.45 bits per heavy atom. The van der Waals surface area contributed by atoms with Crippen LogP contribution < -0.4 is 24.8 Å². The Bertz CT molecular complexity index is 977. The number of hydrogen-bond acceptors (Lipinski definition) is 7. The fraction of sp³-hybridized carbons (Fsp3) is 0.190. The van der Waals surface area contributed by atoms with E-state index in [2.05, 4.69) is 20.6 Å². The van der Waals surface area contributed by atoms with Crippen molar-refractivity contribution in [1.82, 2.24) is 15.3 Å². The summed E-state index contributed by atoms with van der Waals surface area (Å²) in [4.78, 5) is 20.8. The number of ether oxygens (including phenoxy) is 3. The second kappa shape index (κ2) is 9.41. The monoisotopic (exact) mass is 394 g/mol. The quantitative estimate of drug-likeness (QED) is 0.606. The normalized spacial score (nSPS) is 10.2. The predicted octanol–water partition coefficient (Wildman–Crippen LogP) is 3.18. The van der Waals surface area contributed by atoms with Crippen molar-refractivity contribution in [3.8, 4) is 17.2 Å².